The lowest BCUT2D eigenvalue weighted by Crippen LogP contribution is -2.39. The smallest absolute Gasteiger partial charge is 0.122 e. The minimum absolute atomic E-state index is 0.0803. The van der Waals surface area contributed by atoms with Gasteiger partial charge in [0.2, 0.25) is 0 Å². The summed E-state index contributed by atoms with van der Waals surface area (Å²) in [5.74, 6) is 0. The lowest BCUT2D eigenvalue weighted by Gasteiger charge is -2.19. The second kappa shape index (κ2) is 5.20. The Morgan fingerprint density at radius 2 is 1.91 bits per heavy atom. The zero-order valence-corrected chi connectivity index (χ0v) is 5.66. The van der Waals surface area contributed by atoms with Crippen molar-refractivity contribution in [3.05, 3.63) is 0 Å². The van der Waals surface area contributed by atoms with Crippen LogP contribution in [-0.2, 0) is 4.79 Å². The van der Waals surface area contributed by atoms with Crippen molar-refractivity contribution >= 4 is 6.29 Å². The van der Waals surface area contributed by atoms with E-state index in [1.807, 2.05) is 0 Å². The fourth-order valence-corrected chi connectivity index (χ4v) is 0.485. The number of aldehydes is 1. The third kappa shape index (κ3) is 3.43. The molecule has 11 heavy (non-hydrogen) atoms. The largest absolute Gasteiger partial charge is 0.394 e. The molecule has 66 valence electrons. The number of hydrogen-bond acceptors (Lipinski definition) is 5. The van der Waals surface area contributed by atoms with Crippen LogP contribution in [0.5, 0.6) is 0 Å². The second-order valence-electron chi connectivity index (χ2n) is 1.95. The molecule has 0 aliphatic rings. The maximum atomic E-state index is 9.99. The average Bonchev–Trinajstić information content (AvgIpc) is 2.12. The molecule has 0 heterocycles. The zero-order chi connectivity index (χ0) is 10.6. The van der Waals surface area contributed by atoms with Crippen LogP contribution in [-0.4, -0.2) is 51.6 Å². The minimum Gasteiger partial charge on any atom is -0.394 e. The molecule has 0 saturated carbocycles. The molecule has 0 unspecified atom stereocenters. The predicted molar refractivity (Wildman–Crippen MR) is 35.8 cm³/mol. The molecule has 0 aromatic rings. The summed E-state index contributed by atoms with van der Waals surface area (Å²) in [4.78, 5) is 9.99. The van der Waals surface area contributed by atoms with Crippen molar-refractivity contribution in [1.82, 2.24) is 0 Å². The normalized spacial score (nSPS) is 27.3. The molecule has 0 radical (unpaired) electrons. The zero-order valence-electron chi connectivity index (χ0n) is 7.66. The van der Waals surface area contributed by atoms with Crippen molar-refractivity contribution in [1.29, 1.82) is 0 Å². The summed E-state index contributed by atoms with van der Waals surface area (Å²) in [7, 11) is 0. The van der Waals surface area contributed by atoms with Crippen LogP contribution in [0.2, 0.25) is 0 Å². The first-order valence-electron chi connectivity index (χ1n) is 4.09. The summed E-state index contributed by atoms with van der Waals surface area (Å²) in [6, 6.07) is 0. The summed E-state index contributed by atoms with van der Waals surface area (Å²) in [6.07, 6.45) is -7.13. The van der Waals surface area contributed by atoms with Gasteiger partial charge in [0.05, 0.1) is 14.1 Å². The number of hydrogen-bond donors (Lipinski definition) is 4. The molecule has 5 atom stereocenters. The fraction of sp³-hybridized carbons (Fsp3) is 0.833. The van der Waals surface area contributed by atoms with Crippen molar-refractivity contribution in [2.24, 2.45) is 0 Å². The van der Waals surface area contributed by atoms with E-state index in [0.717, 1.165) is 0 Å². The molecule has 0 aromatic carbocycles. The van der Waals surface area contributed by atoms with Crippen LogP contribution in [0.25, 0.3) is 0 Å². The topological polar surface area (TPSA) is 98.0 Å². The summed E-state index contributed by atoms with van der Waals surface area (Å²) in [6.45, 7) is -1.98. The highest BCUT2D eigenvalue weighted by atomic mass is 16.4. The van der Waals surface area contributed by atoms with Gasteiger partial charge in [-0.1, -0.05) is 0 Å². The van der Waals surface area contributed by atoms with E-state index >= 15 is 0 Å². The van der Waals surface area contributed by atoms with Crippen molar-refractivity contribution in [3.63, 3.8) is 0 Å². The standard InChI is InChI=1S/C6H12O5/c7-2-1-4(9)6(11)5(10)3-8/h2,4-6,8-11H,1,3H2/t4-,5-,6+/m1/s1/i1T,3T/t1-,3+,4+,5+,6-/m0. The predicted octanol–water partition coefficient (Wildman–Crippen LogP) is -2.35. The van der Waals surface area contributed by atoms with Gasteiger partial charge in [-0.25, -0.2) is 0 Å². The molecule has 5 nitrogen and oxygen atoms in total. The number of carbonyl (C=O) groups excluding carboxylic acids is 1. The number of carbonyl (C=O) groups is 1. The van der Waals surface area contributed by atoms with E-state index in [-0.39, 0.29) is 6.29 Å². The molecular weight excluding hydrogens is 152 g/mol. The van der Waals surface area contributed by atoms with Crippen LogP contribution < -0.4 is 0 Å². The molecule has 0 rings (SSSR count). The average molecular weight is 168 g/mol. The van der Waals surface area contributed by atoms with Gasteiger partial charge in [-0.15, -0.1) is 0 Å². The van der Waals surface area contributed by atoms with Gasteiger partial charge in [-0.05, 0) is 0 Å². The van der Waals surface area contributed by atoms with Gasteiger partial charge in [0.15, 0.2) is 0 Å². The van der Waals surface area contributed by atoms with Crippen molar-refractivity contribution in [2.45, 2.75) is 24.7 Å². The van der Waals surface area contributed by atoms with Crippen LogP contribution in [0.15, 0.2) is 0 Å². The van der Waals surface area contributed by atoms with Crippen LogP contribution in [0.1, 0.15) is 9.14 Å². The second-order valence-corrected chi connectivity index (χ2v) is 1.95. The molecule has 0 spiro atoms. The SMILES string of the molecule is [3H][C@@H](O)[C@@H](O)[C@@H](O)[C@H](O)[C@@H]([3H])C=O. The molecule has 4 N–H and O–H groups in total. The van der Waals surface area contributed by atoms with Gasteiger partial charge >= 0.3 is 0 Å². The first-order chi connectivity index (χ1) is 5.91. The van der Waals surface area contributed by atoms with Crippen molar-refractivity contribution in [3.8, 4) is 0 Å². The molecule has 0 aliphatic heterocycles. The van der Waals surface area contributed by atoms with E-state index in [2.05, 4.69) is 0 Å². The van der Waals surface area contributed by atoms with E-state index in [1.54, 1.807) is 0 Å². The molecule has 0 amide bonds. The third-order valence-electron chi connectivity index (χ3n) is 1.13. The van der Waals surface area contributed by atoms with Gasteiger partial charge in [0, 0.05) is 7.77 Å². The number of rotatable bonds is 5. The molecule has 0 bridgehead atoms. The van der Waals surface area contributed by atoms with Gasteiger partial charge in [0.25, 0.3) is 0 Å². The van der Waals surface area contributed by atoms with E-state index < -0.39 is 31.3 Å². The van der Waals surface area contributed by atoms with E-state index in [0.29, 0.717) is 0 Å². The Bertz CT molecular complexity index is 165. The first-order valence-corrected chi connectivity index (χ1v) is 2.94. The quantitative estimate of drug-likeness (QED) is 0.344. The molecule has 0 fully saturated rings. The van der Waals surface area contributed by atoms with Crippen LogP contribution >= 0.6 is 0 Å². The lowest BCUT2D eigenvalue weighted by atomic mass is 10.1. The maximum Gasteiger partial charge on any atom is 0.122 e. The summed E-state index contributed by atoms with van der Waals surface area (Å²) >= 11 is 0. The Hall–Kier alpha value is -0.490. The van der Waals surface area contributed by atoms with E-state index in [4.69, 9.17) is 23.2 Å². The summed E-state index contributed by atoms with van der Waals surface area (Å²) in [5, 5.41) is 35.3. The molecule has 0 aromatic heterocycles. The van der Waals surface area contributed by atoms with Gasteiger partial charge in [-0.3, -0.25) is 0 Å². The lowest BCUT2D eigenvalue weighted by molar-refractivity contribution is -0.115. The van der Waals surface area contributed by atoms with Gasteiger partial charge < -0.3 is 25.2 Å². The highest BCUT2D eigenvalue weighted by Crippen LogP contribution is 2.01. The Kier molecular flexibility index (Phi) is 3.39. The monoisotopic (exact) mass is 168 g/mol. The van der Waals surface area contributed by atoms with E-state index in [9.17, 15) is 4.79 Å². The Balaban J connectivity index is 4.23. The van der Waals surface area contributed by atoms with Crippen molar-refractivity contribution < 1.29 is 28.0 Å². The number of aliphatic hydroxyl groups excluding tert-OH is 4. The van der Waals surface area contributed by atoms with Crippen molar-refractivity contribution in [2.75, 3.05) is 6.58 Å². The Morgan fingerprint density at radius 3 is 2.27 bits per heavy atom. The van der Waals surface area contributed by atoms with Crippen LogP contribution in [0.4, 0.5) is 0 Å². The first kappa shape index (κ1) is 7.17. The molecule has 5 heteroatoms. The fourth-order valence-electron chi connectivity index (χ4n) is 0.485. The number of aliphatic hydroxyl groups is 4. The molecular formula is C6H12O5. The maximum absolute atomic E-state index is 9.99. The van der Waals surface area contributed by atoms with Gasteiger partial charge in [-0.2, -0.15) is 0 Å². The minimum atomic E-state index is -1.98. The van der Waals surface area contributed by atoms with Crippen LogP contribution in [0.3, 0.4) is 0 Å². The summed E-state index contributed by atoms with van der Waals surface area (Å²) < 4.78 is 13.4. The van der Waals surface area contributed by atoms with Crippen LogP contribution in [0, 0.1) is 0 Å². The van der Waals surface area contributed by atoms with Gasteiger partial charge in [0.1, 0.15) is 18.5 Å². The highest BCUT2D eigenvalue weighted by molar-refractivity contribution is 5.50. The summed E-state index contributed by atoms with van der Waals surface area (Å²) in [5.41, 5.74) is 0. The molecule has 0 saturated heterocycles. The van der Waals surface area contributed by atoms with E-state index in [1.165, 1.54) is 0 Å². The Labute approximate surface area is 66.7 Å². The third-order valence-corrected chi connectivity index (χ3v) is 1.13. The molecule has 0 aliphatic carbocycles. The highest BCUT2D eigenvalue weighted by Gasteiger charge is 2.23. The Morgan fingerprint density at radius 1 is 1.36 bits per heavy atom.